The minimum absolute atomic E-state index is 0.263. The first kappa shape index (κ1) is 8.75. The van der Waals surface area contributed by atoms with E-state index in [1.807, 2.05) is 0 Å². The first-order valence-electron chi connectivity index (χ1n) is 5.96. The van der Waals surface area contributed by atoms with Crippen molar-refractivity contribution in [2.45, 2.75) is 45.4 Å². The summed E-state index contributed by atoms with van der Waals surface area (Å²) in [7, 11) is 0. The van der Waals surface area contributed by atoms with Crippen LogP contribution < -0.4 is 0 Å². The molecule has 3 saturated carbocycles. The van der Waals surface area contributed by atoms with Gasteiger partial charge in [-0.25, -0.2) is 0 Å². The summed E-state index contributed by atoms with van der Waals surface area (Å²) in [6.45, 7) is 2.34. The van der Waals surface area contributed by atoms with Gasteiger partial charge in [-0.2, -0.15) is 0 Å². The third-order valence-corrected chi connectivity index (χ3v) is 4.82. The van der Waals surface area contributed by atoms with Crippen molar-refractivity contribution in [3.63, 3.8) is 0 Å². The van der Waals surface area contributed by atoms with Crippen LogP contribution in [-0.4, -0.2) is 10.9 Å². The van der Waals surface area contributed by atoms with Crippen LogP contribution in [0.4, 0.5) is 0 Å². The summed E-state index contributed by atoms with van der Waals surface area (Å²) in [6.07, 6.45) is 8.03. The molecule has 3 aliphatic carbocycles. The molecule has 0 aromatic carbocycles. The second-order valence-corrected chi connectivity index (χ2v) is 5.76. The van der Waals surface area contributed by atoms with E-state index in [0.717, 1.165) is 17.5 Å². The van der Waals surface area contributed by atoms with Crippen molar-refractivity contribution in [1.82, 2.24) is 0 Å². The summed E-state index contributed by atoms with van der Waals surface area (Å²) in [4.78, 5) is 0. The van der Waals surface area contributed by atoms with Gasteiger partial charge in [-0.05, 0) is 37.5 Å². The lowest BCUT2D eigenvalue weighted by Gasteiger charge is -2.34. The first-order chi connectivity index (χ1) is 6.74. The van der Waals surface area contributed by atoms with Crippen LogP contribution in [0, 0.1) is 23.2 Å². The van der Waals surface area contributed by atoms with E-state index in [9.17, 15) is 0 Å². The molecular formula is C12H19NO. The fourth-order valence-electron chi connectivity index (χ4n) is 3.87. The van der Waals surface area contributed by atoms with Crippen LogP contribution in [-0.2, 0) is 0 Å². The second-order valence-electron chi connectivity index (χ2n) is 5.76. The van der Waals surface area contributed by atoms with E-state index in [4.69, 9.17) is 5.21 Å². The van der Waals surface area contributed by atoms with Crippen LogP contribution in [0.3, 0.4) is 0 Å². The quantitative estimate of drug-likeness (QED) is 0.530. The van der Waals surface area contributed by atoms with Gasteiger partial charge < -0.3 is 5.21 Å². The highest BCUT2D eigenvalue weighted by Gasteiger charge is 2.54. The van der Waals surface area contributed by atoms with Gasteiger partial charge in [-0.15, -0.1) is 0 Å². The molecule has 2 nitrogen and oxygen atoms in total. The van der Waals surface area contributed by atoms with Crippen molar-refractivity contribution < 1.29 is 5.21 Å². The molecule has 0 radical (unpaired) electrons. The van der Waals surface area contributed by atoms with Gasteiger partial charge in [-0.3, -0.25) is 0 Å². The van der Waals surface area contributed by atoms with Crippen molar-refractivity contribution in [3.8, 4) is 0 Å². The molecule has 3 unspecified atom stereocenters. The molecule has 3 fully saturated rings. The summed E-state index contributed by atoms with van der Waals surface area (Å²) >= 11 is 0. The summed E-state index contributed by atoms with van der Waals surface area (Å²) in [5, 5.41) is 12.8. The Kier molecular flexibility index (Phi) is 1.71. The van der Waals surface area contributed by atoms with E-state index in [-0.39, 0.29) is 5.41 Å². The minimum atomic E-state index is 0.263. The molecule has 3 rings (SSSR count). The van der Waals surface area contributed by atoms with Gasteiger partial charge in [0.1, 0.15) is 0 Å². The normalized spacial score (nSPS) is 49.1. The molecule has 3 aliphatic rings. The number of hydrogen-bond donors (Lipinski definition) is 1. The standard InChI is InChI=1S/C12H19NO/c1-12(7-8-2-3-8)10-5-4-9(6-10)11(12)13-14/h8-10,14H,2-7H2,1H3. The topological polar surface area (TPSA) is 32.6 Å². The number of oxime groups is 1. The van der Waals surface area contributed by atoms with Gasteiger partial charge in [0.05, 0.1) is 5.71 Å². The first-order valence-corrected chi connectivity index (χ1v) is 5.96. The second kappa shape index (κ2) is 2.74. The predicted octanol–water partition coefficient (Wildman–Crippen LogP) is 3.05. The zero-order valence-electron chi connectivity index (χ0n) is 8.87. The number of hydrogen-bond acceptors (Lipinski definition) is 2. The van der Waals surface area contributed by atoms with Gasteiger partial charge in [0.2, 0.25) is 0 Å². The van der Waals surface area contributed by atoms with Gasteiger partial charge >= 0.3 is 0 Å². The largest absolute Gasteiger partial charge is 0.411 e. The van der Waals surface area contributed by atoms with E-state index in [2.05, 4.69) is 12.1 Å². The molecule has 3 atom stereocenters. The van der Waals surface area contributed by atoms with Crippen LogP contribution in [0.25, 0.3) is 0 Å². The predicted molar refractivity (Wildman–Crippen MR) is 55.5 cm³/mol. The van der Waals surface area contributed by atoms with E-state index in [0.29, 0.717) is 5.92 Å². The fourth-order valence-corrected chi connectivity index (χ4v) is 3.87. The van der Waals surface area contributed by atoms with Gasteiger partial charge in [0.25, 0.3) is 0 Å². The van der Waals surface area contributed by atoms with E-state index in [1.54, 1.807) is 0 Å². The molecule has 0 amide bonds. The number of rotatable bonds is 2. The fraction of sp³-hybridized carbons (Fsp3) is 0.917. The molecule has 1 N–H and O–H groups in total. The zero-order valence-corrected chi connectivity index (χ0v) is 8.87. The smallest absolute Gasteiger partial charge is 0.0663 e. The molecule has 78 valence electrons. The van der Waals surface area contributed by atoms with Crippen molar-refractivity contribution in [2.75, 3.05) is 0 Å². The van der Waals surface area contributed by atoms with Crippen LogP contribution in [0.15, 0.2) is 5.16 Å². The third-order valence-electron chi connectivity index (χ3n) is 4.82. The van der Waals surface area contributed by atoms with Crippen LogP contribution in [0.2, 0.25) is 0 Å². The minimum Gasteiger partial charge on any atom is -0.411 e. The number of fused-ring (bicyclic) bond motifs is 2. The molecular weight excluding hydrogens is 174 g/mol. The van der Waals surface area contributed by atoms with Crippen molar-refractivity contribution >= 4 is 5.71 Å². The van der Waals surface area contributed by atoms with E-state index >= 15 is 0 Å². The summed E-state index contributed by atoms with van der Waals surface area (Å²) in [5.74, 6) is 2.38. The van der Waals surface area contributed by atoms with Crippen molar-refractivity contribution in [3.05, 3.63) is 0 Å². The Hall–Kier alpha value is -0.530. The highest BCUT2D eigenvalue weighted by atomic mass is 16.4. The zero-order chi connectivity index (χ0) is 9.76. The van der Waals surface area contributed by atoms with Crippen molar-refractivity contribution in [1.29, 1.82) is 0 Å². The number of nitrogens with zero attached hydrogens (tertiary/aromatic N) is 1. The maximum atomic E-state index is 9.14. The van der Waals surface area contributed by atoms with Crippen LogP contribution >= 0.6 is 0 Å². The molecule has 14 heavy (non-hydrogen) atoms. The molecule has 2 heteroatoms. The highest BCUT2D eigenvalue weighted by Crippen LogP contribution is 2.58. The average molecular weight is 193 g/mol. The van der Waals surface area contributed by atoms with Gasteiger partial charge in [0.15, 0.2) is 0 Å². The van der Waals surface area contributed by atoms with Gasteiger partial charge in [-0.1, -0.05) is 24.9 Å². The summed E-state index contributed by atoms with van der Waals surface area (Å²) < 4.78 is 0. The molecule has 0 heterocycles. The lowest BCUT2D eigenvalue weighted by Crippen LogP contribution is -2.34. The lowest BCUT2D eigenvalue weighted by molar-refractivity contribution is 0.248. The molecule has 0 aromatic rings. The Morgan fingerprint density at radius 3 is 2.79 bits per heavy atom. The summed E-state index contributed by atoms with van der Waals surface area (Å²) in [5.41, 5.74) is 1.40. The van der Waals surface area contributed by atoms with E-state index in [1.165, 1.54) is 38.5 Å². The molecule has 0 aromatic heterocycles. The third kappa shape index (κ3) is 1.06. The average Bonchev–Trinajstić information content (AvgIpc) is 2.77. The Morgan fingerprint density at radius 2 is 2.14 bits per heavy atom. The molecule has 0 saturated heterocycles. The lowest BCUT2D eigenvalue weighted by atomic mass is 9.70. The van der Waals surface area contributed by atoms with Gasteiger partial charge in [0, 0.05) is 11.3 Å². The monoisotopic (exact) mass is 193 g/mol. The van der Waals surface area contributed by atoms with Crippen molar-refractivity contribution in [2.24, 2.45) is 28.3 Å². The molecule has 2 bridgehead atoms. The maximum Gasteiger partial charge on any atom is 0.0663 e. The Balaban J connectivity index is 1.88. The van der Waals surface area contributed by atoms with E-state index < -0.39 is 0 Å². The Bertz CT molecular complexity index is 282. The van der Waals surface area contributed by atoms with Crippen LogP contribution in [0.1, 0.15) is 45.4 Å². The van der Waals surface area contributed by atoms with Crippen LogP contribution in [0.5, 0.6) is 0 Å². The Morgan fingerprint density at radius 1 is 1.36 bits per heavy atom. The Labute approximate surface area is 85.4 Å². The maximum absolute atomic E-state index is 9.14. The highest BCUT2D eigenvalue weighted by molar-refractivity contribution is 5.94. The summed E-state index contributed by atoms with van der Waals surface area (Å²) in [6, 6.07) is 0. The molecule has 0 spiro atoms. The SMILES string of the molecule is CC1(CC2CC2)C(=NO)C2CCC1C2. The molecule has 0 aliphatic heterocycles.